The van der Waals surface area contributed by atoms with E-state index in [1.165, 1.54) is 12.8 Å². The van der Waals surface area contributed by atoms with Crippen LogP contribution in [-0.2, 0) is 6.61 Å². The molecule has 3 heteroatoms. The maximum Gasteiger partial charge on any atom is 0.119 e. The Morgan fingerprint density at radius 2 is 2.25 bits per heavy atom. The Morgan fingerprint density at radius 1 is 1.38 bits per heavy atom. The van der Waals surface area contributed by atoms with Crippen molar-refractivity contribution >= 4 is 0 Å². The first-order valence-corrected chi connectivity index (χ1v) is 5.94. The number of rotatable bonds is 7. The average molecular weight is 221 g/mol. The van der Waals surface area contributed by atoms with Crippen LogP contribution in [0.4, 0.5) is 0 Å². The Balaban J connectivity index is 1.63. The minimum Gasteiger partial charge on any atom is -0.494 e. The van der Waals surface area contributed by atoms with Gasteiger partial charge in [-0.1, -0.05) is 12.1 Å². The molecule has 16 heavy (non-hydrogen) atoms. The minimum atomic E-state index is 0.0699. The number of hydrogen-bond acceptors (Lipinski definition) is 3. The third-order valence-electron chi connectivity index (χ3n) is 2.68. The predicted octanol–water partition coefficient (Wildman–Crippen LogP) is 1.70. The lowest BCUT2D eigenvalue weighted by Crippen LogP contribution is -2.19. The van der Waals surface area contributed by atoms with E-state index < -0.39 is 0 Å². The van der Waals surface area contributed by atoms with Crippen molar-refractivity contribution in [2.24, 2.45) is 0 Å². The molecule has 2 rings (SSSR count). The number of aliphatic hydroxyl groups is 1. The zero-order valence-corrected chi connectivity index (χ0v) is 9.48. The van der Waals surface area contributed by atoms with Crippen LogP contribution in [-0.4, -0.2) is 24.3 Å². The van der Waals surface area contributed by atoms with Crippen molar-refractivity contribution in [2.75, 3.05) is 13.2 Å². The summed E-state index contributed by atoms with van der Waals surface area (Å²) in [6.07, 6.45) is 3.69. The summed E-state index contributed by atoms with van der Waals surface area (Å²) >= 11 is 0. The van der Waals surface area contributed by atoms with Gasteiger partial charge in [0.15, 0.2) is 0 Å². The van der Waals surface area contributed by atoms with E-state index in [0.29, 0.717) is 0 Å². The fourth-order valence-corrected chi connectivity index (χ4v) is 1.59. The molecule has 0 spiro atoms. The molecule has 88 valence electrons. The summed E-state index contributed by atoms with van der Waals surface area (Å²) in [5, 5.41) is 12.4. The van der Waals surface area contributed by atoms with Crippen molar-refractivity contribution in [1.82, 2.24) is 5.32 Å². The summed E-state index contributed by atoms with van der Waals surface area (Å²) in [7, 11) is 0. The number of aliphatic hydroxyl groups excluding tert-OH is 1. The SMILES string of the molecule is OCc1cccc(OCCCNC2CC2)c1. The van der Waals surface area contributed by atoms with E-state index in [1.807, 2.05) is 24.3 Å². The first-order chi connectivity index (χ1) is 7.88. The molecule has 1 aliphatic carbocycles. The molecule has 0 saturated heterocycles. The number of hydrogen-bond donors (Lipinski definition) is 2. The molecule has 0 bridgehead atoms. The quantitative estimate of drug-likeness (QED) is 0.689. The highest BCUT2D eigenvalue weighted by Crippen LogP contribution is 2.18. The zero-order chi connectivity index (χ0) is 11.2. The highest BCUT2D eigenvalue weighted by Gasteiger charge is 2.19. The van der Waals surface area contributed by atoms with Gasteiger partial charge in [-0.3, -0.25) is 0 Å². The molecule has 3 nitrogen and oxygen atoms in total. The van der Waals surface area contributed by atoms with Crippen molar-refractivity contribution in [3.05, 3.63) is 29.8 Å². The molecule has 1 aromatic carbocycles. The van der Waals surface area contributed by atoms with Gasteiger partial charge in [0.25, 0.3) is 0 Å². The van der Waals surface area contributed by atoms with Gasteiger partial charge >= 0.3 is 0 Å². The molecule has 0 radical (unpaired) electrons. The zero-order valence-electron chi connectivity index (χ0n) is 9.48. The van der Waals surface area contributed by atoms with Crippen LogP contribution < -0.4 is 10.1 Å². The molecule has 0 unspecified atom stereocenters. The molecule has 0 aromatic heterocycles. The maximum atomic E-state index is 8.97. The maximum absolute atomic E-state index is 8.97. The number of nitrogens with one attached hydrogen (secondary N) is 1. The van der Waals surface area contributed by atoms with Gasteiger partial charge in [0.2, 0.25) is 0 Å². The van der Waals surface area contributed by atoms with Crippen LogP contribution in [0.2, 0.25) is 0 Å². The van der Waals surface area contributed by atoms with E-state index in [0.717, 1.165) is 36.9 Å². The summed E-state index contributed by atoms with van der Waals surface area (Å²) in [6, 6.07) is 8.38. The van der Waals surface area contributed by atoms with Gasteiger partial charge in [0.05, 0.1) is 13.2 Å². The van der Waals surface area contributed by atoms with Gasteiger partial charge in [-0.05, 0) is 43.5 Å². The number of benzene rings is 1. The van der Waals surface area contributed by atoms with Crippen LogP contribution in [0.3, 0.4) is 0 Å². The highest BCUT2D eigenvalue weighted by molar-refractivity contribution is 5.27. The third kappa shape index (κ3) is 3.83. The van der Waals surface area contributed by atoms with Gasteiger partial charge in [0, 0.05) is 6.04 Å². The molecule has 1 aliphatic rings. The summed E-state index contributed by atoms with van der Waals surface area (Å²) < 4.78 is 5.60. The molecule has 0 amide bonds. The van der Waals surface area contributed by atoms with Crippen molar-refractivity contribution in [3.8, 4) is 5.75 Å². The van der Waals surface area contributed by atoms with Crippen molar-refractivity contribution in [2.45, 2.75) is 31.9 Å². The first-order valence-electron chi connectivity index (χ1n) is 5.94. The number of ether oxygens (including phenoxy) is 1. The van der Waals surface area contributed by atoms with Crippen molar-refractivity contribution in [1.29, 1.82) is 0 Å². The fraction of sp³-hybridized carbons (Fsp3) is 0.538. The smallest absolute Gasteiger partial charge is 0.119 e. The van der Waals surface area contributed by atoms with E-state index in [1.54, 1.807) is 0 Å². The van der Waals surface area contributed by atoms with Crippen LogP contribution in [0, 0.1) is 0 Å². The summed E-state index contributed by atoms with van der Waals surface area (Å²) in [5.41, 5.74) is 0.897. The molecular weight excluding hydrogens is 202 g/mol. The monoisotopic (exact) mass is 221 g/mol. The van der Waals surface area contributed by atoms with Gasteiger partial charge in [-0.25, -0.2) is 0 Å². The van der Waals surface area contributed by atoms with E-state index in [-0.39, 0.29) is 6.61 Å². The summed E-state index contributed by atoms with van der Waals surface area (Å²) in [5.74, 6) is 0.845. The molecule has 0 atom stereocenters. The summed E-state index contributed by atoms with van der Waals surface area (Å²) in [4.78, 5) is 0. The lowest BCUT2D eigenvalue weighted by molar-refractivity contribution is 0.278. The molecule has 0 aliphatic heterocycles. The topological polar surface area (TPSA) is 41.5 Å². The lowest BCUT2D eigenvalue weighted by Gasteiger charge is -2.07. The van der Waals surface area contributed by atoms with Gasteiger partial charge in [0.1, 0.15) is 5.75 Å². The minimum absolute atomic E-state index is 0.0699. The normalized spacial score (nSPS) is 15.1. The van der Waals surface area contributed by atoms with Crippen molar-refractivity contribution in [3.63, 3.8) is 0 Å². The second-order valence-electron chi connectivity index (χ2n) is 4.24. The predicted molar refractivity (Wildman–Crippen MR) is 63.5 cm³/mol. The van der Waals surface area contributed by atoms with Gasteiger partial charge < -0.3 is 15.2 Å². The van der Waals surface area contributed by atoms with Crippen LogP contribution in [0.15, 0.2) is 24.3 Å². The molecule has 1 saturated carbocycles. The Kier molecular flexibility index (Phi) is 4.19. The Bertz CT molecular complexity index is 323. The van der Waals surface area contributed by atoms with Crippen LogP contribution in [0.1, 0.15) is 24.8 Å². The van der Waals surface area contributed by atoms with E-state index >= 15 is 0 Å². The standard InChI is InChI=1S/C13H19NO2/c15-10-11-3-1-4-13(9-11)16-8-2-7-14-12-5-6-12/h1,3-4,9,12,14-15H,2,5-8,10H2. The Morgan fingerprint density at radius 3 is 3.00 bits per heavy atom. The molecule has 1 aromatic rings. The van der Waals surface area contributed by atoms with E-state index in [4.69, 9.17) is 9.84 Å². The summed E-state index contributed by atoms with van der Waals surface area (Å²) in [6.45, 7) is 1.83. The first kappa shape index (κ1) is 11.4. The largest absolute Gasteiger partial charge is 0.494 e. The molecule has 0 heterocycles. The van der Waals surface area contributed by atoms with Crippen LogP contribution in [0.5, 0.6) is 5.75 Å². The van der Waals surface area contributed by atoms with Gasteiger partial charge in [-0.15, -0.1) is 0 Å². The third-order valence-corrected chi connectivity index (χ3v) is 2.68. The molecule has 2 N–H and O–H groups in total. The fourth-order valence-electron chi connectivity index (χ4n) is 1.59. The highest BCUT2D eigenvalue weighted by atomic mass is 16.5. The second-order valence-corrected chi connectivity index (χ2v) is 4.24. The van der Waals surface area contributed by atoms with Crippen molar-refractivity contribution < 1.29 is 9.84 Å². The van der Waals surface area contributed by atoms with Crippen LogP contribution in [0.25, 0.3) is 0 Å². The molecule has 1 fully saturated rings. The Labute approximate surface area is 96.4 Å². The second kappa shape index (κ2) is 5.87. The average Bonchev–Trinajstić information content (AvgIpc) is 3.13. The van der Waals surface area contributed by atoms with E-state index in [9.17, 15) is 0 Å². The lowest BCUT2D eigenvalue weighted by atomic mass is 10.2. The van der Waals surface area contributed by atoms with Gasteiger partial charge in [-0.2, -0.15) is 0 Å². The molecular formula is C13H19NO2. The van der Waals surface area contributed by atoms with Crippen LogP contribution >= 0.6 is 0 Å². The Hall–Kier alpha value is -1.06. The van der Waals surface area contributed by atoms with E-state index in [2.05, 4.69) is 5.32 Å².